The van der Waals surface area contributed by atoms with E-state index >= 15 is 0 Å². The number of esters is 2. The van der Waals surface area contributed by atoms with E-state index in [2.05, 4.69) is 4.98 Å². The van der Waals surface area contributed by atoms with Crippen LogP contribution in [0.5, 0.6) is 17.2 Å². The Kier molecular flexibility index (Phi) is 9.93. The summed E-state index contributed by atoms with van der Waals surface area (Å²) in [6.45, 7) is 5.96. The number of hydrogen-bond donors (Lipinski definition) is 0. The average molecular weight is 556 g/mol. The van der Waals surface area contributed by atoms with Gasteiger partial charge in [-0.05, 0) is 37.1 Å². The molecule has 0 aliphatic heterocycles. The Morgan fingerprint density at radius 3 is 2.27 bits per heavy atom. The molecule has 40 heavy (non-hydrogen) atoms. The second kappa shape index (κ2) is 13.1. The highest BCUT2D eigenvalue weighted by Gasteiger charge is 2.31. The molecule has 0 fully saturated rings. The Morgan fingerprint density at radius 2 is 1.65 bits per heavy atom. The minimum atomic E-state index is -0.904. The van der Waals surface area contributed by atoms with E-state index in [0.29, 0.717) is 16.7 Å². The molecule has 0 spiro atoms. The number of hydrogen-bond acceptors (Lipinski definition) is 8. The van der Waals surface area contributed by atoms with Crippen LogP contribution in [0.1, 0.15) is 60.3 Å². The molecule has 3 atom stereocenters. The van der Waals surface area contributed by atoms with Gasteiger partial charge in [0.2, 0.25) is 5.75 Å². The van der Waals surface area contributed by atoms with E-state index in [1.807, 2.05) is 0 Å². The molecule has 1 aromatic heterocycles. The molecule has 0 saturated heterocycles. The van der Waals surface area contributed by atoms with Crippen LogP contribution < -0.4 is 14.2 Å². The second-order valence-corrected chi connectivity index (χ2v) is 9.33. The first-order chi connectivity index (χ1) is 19.0. The molecule has 0 aliphatic carbocycles. The van der Waals surface area contributed by atoms with Crippen molar-refractivity contribution in [3.05, 3.63) is 82.7 Å². The van der Waals surface area contributed by atoms with Gasteiger partial charge in [0.1, 0.15) is 23.5 Å². The number of ketones is 1. The predicted molar refractivity (Wildman–Crippen MR) is 142 cm³/mol. The molecule has 0 bridgehead atoms. The molecule has 0 unspecified atom stereocenters. The molecule has 3 aromatic rings. The lowest BCUT2D eigenvalue weighted by Crippen LogP contribution is -2.28. The number of aryl methyl sites for hydroxylation is 1. The van der Waals surface area contributed by atoms with Crippen molar-refractivity contribution >= 4 is 17.7 Å². The molecule has 0 N–H and O–H groups in total. The minimum absolute atomic E-state index is 0.133. The number of halogens is 2. The normalized spacial score (nSPS) is 13.1. The zero-order valence-electron chi connectivity index (χ0n) is 23.1. The van der Waals surface area contributed by atoms with E-state index in [-0.39, 0.29) is 29.4 Å². The molecule has 8 nitrogen and oxygen atoms in total. The number of carbonyl (C=O) groups is 3. The summed E-state index contributed by atoms with van der Waals surface area (Å²) in [4.78, 5) is 41.8. The van der Waals surface area contributed by atoms with Crippen molar-refractivity contribution in [3.8, 4) is 17.2 Å². The monoisotopic (exact) mass is 555 g/mol. The number of rotatable bonds is 11. The molecule has 1 heterocycles. The van der Waals surface area contributed by atoms with Crippen LogP contribution in [0.3, 0.4) is 0 Å². The van der Waals surface area contributed by atoms with Crippen LogP contribution in [-0.4, -0.2) is 43.0 Å². The van der Waals surface area contributed by atoms with Crippen LogP contribution >= 0.6 is 0 Å². The van der Waals surface area contributed by atoms with E-state index in [1.54, 1.807) is 26.0 Å². The Balaban J connectivity index is 1.87. The van der Waals surface area contributed by atoms with Gasteiger partial charge in [-0.3, -0.25) is 14.4 Å². The van der Waals surface area contributed by atoms with Gasteiger partial charge >= 0.3 is 11.9 Å². The first-order valence-corrected chi connectivity index (χ1v) is 12.5. The molecule has 212 valence electrons. The number of benzene rings is 2. The van der Waals surface area contributed by atoms with Crippen molar-refractivity contribution in [2.24, 2.45) is 5.92 Å². The number of methoxy groups -OCH3 is 2. The SMILES string of the molecule is COc1cc(F)ccc1[C@@H](c1ccc(F)c(C)c1)[C@H](C)OC(=O)[C@H](C)CC(=O)c1nccc(OC)c1OC(C)=O. The summed E-state index contributed by atoms with van der Waals surface area (Å²) in [7, 11) is 2.75. The lowest BCUT2D eigenvalue weighted by atomic mass is 9.85. The van der Waals surface area contributed by atoms with E-state index in [9.17, 15) is 23.2 Å². The predicted octanol–water partition coefficient (Wildman–Crippen LogP) is 5.58. The number of aromatic nitrogens is 1. The van der Waals surface area contributed by atoms with Gasteiger partial charge in [0.05, 0.1) is 20.1 Å². The highest BCUT2D eigenvalue weighted by atomic mass is 19.1. The lowest BCUT2D eigenvalue weighted by Gasteiger charge is -2.28. The summed E-state index contributed by atoms with van der Waals surface area (Å²) in [6, 6.07) is 9.96. The summed E-state index contributed by atoms with van der Waals surface area (Å²) in [6.07, 6.45) is 0.219. The Bertz CT molecular complexity index is 1410. The Morgan fingerprint density at radius 1 is 0.950 bits per heavy atom. The van der Waals surface area contributed by atoms with E-state index in [0.717, 1.165) is 0 Å². The first-order valence-electron chi connectivity index (χ1n) is 12.5. The molecule has 0 radical (unpaired) electrons. The van der Waals surface area contributed by atoms with Crippen molar-refractivity contribution in [2.75, 3.05) is 14.2 Å². The summed E-state index contributed by atoms with van der Waals surface area (Å²) >= 11 is 0. The molecule has 10 heteroatoms. The van der Waals surface area contributed by atoms with Crippen molar-refractivity contribution in [1.29, 1.82) is 0 Å². The van der Waals surface area contributed by atoms with Gasteiger partial charge in [0.25, 0.3) is 0 Å². The summed E-state index contributed by atoms with van der Waals surface area (Å²) < 4.78 is 49.5. The molecule has 0 saturated carbocycles. The third kappa shape index (κ3) is 6.99. The van der Waals surface area contributed by atoms with Crippen molar-refractivity contribution < 1.29 is 42.1 Å². The highest BCUT2D eigenvalue weighted by Crippen LogP contribution is 2.37. The molecule has 0 amide bonds. The van der Waals surface area contributed by atoms with Gasteiger partial charge < -0.3 is 18.9 Å². The van der Waals surface area contributed by atoms with E-state index < -0.39 is 47.3 Å². The highest BCUT2D eigenvalue weighted by molar-refractivity contribution is 5.99. The van der Waals surface area contributed by atoms with Gasteiger partial charge in [-0.15, -0.1) is 0 Å². The van der Waals surface area contributed by atoms with Gasteiger partial charge in [0, 0.05) is 43.2 Å². The number of pyridine rings is 1. The zero-order valence-corrected chi connectivity index (χ0v) is 23.1. The molecular formula is C30H31F2NO7. The minimum Gasteiger partial charge on any atom is -0.496 e. The van der Waals surface area contributed by atoms with Crippen LogP contribution in [-0.2, 0) is 14.3 Å². The largest absolute Gasteiger partial charge is 0.496 e. The van der Waals surface area contributed by atoms with Crippen molar-refractivity contribution in [3.63, 3.8) is 0 Å². The number of Topliss-reactive ketones (excluding diaryl/α,β-unsaturated/α-hetero) is 1. The quantitative estimate of drug-likeness (QED) is 0.223. The van der Waals surface area contributed by atoms with E-state index in [1.165, 1.54) is 64.6 Å². The number of ether oxygens (including phenoxy) is 4. The Hall–Kier alpha value is -4.34. The summed E-state index contributed by atoms with van der Waals surface area (Å²) in [5.74, 6) is -4.11. The lowest BCUT2D eigenvalue weighted by molar-refractivity contribution is -0.153. The summed E-state index contributed by atoms with van der Waals surface area (Å²) in [5, 5.41) is 0. The third-order valence-corrected chi connectivity index (χ3v) is 6.34. The maximum absolute atomic E-state index is 14.1. The van der Waals surface area contributed by atoms with Crippen molar-refractivity contribution in [2.45, 2.75) is 46.1 Å². The zero-order chi connectivity index (χ0) is 29.6. The van der Waals surface area contributed by atoms with Crippen molar-refractivity contribution in [1.82, 2.24) is 4.98 Å². The standard InChI is InChI=1S/C30H31F2NO7/c1-16-13-20(7-10-23(16)32)27(22-9-8-21(31)15-26(22)38-6)18(3)39-30(36)17(2)14-24(35)28-29(40-19(4)34)25(37-5)11-12-33-28/h7-13,15,17-18,27H,14H2,1-6H3/t17-,18+,27-/m1/s1. The average Bonchev–Trinajstić information content (AvgIpc) is 2.91. The van der Waals surface area contributed by atoms with Gasteiger partial charge in [0.15, 0.2) is 17.2 Å². The molecule has 2 aromatic carbocycles. The fourth-order valence-corrected chi connectivity index (χ4v) is 4.36. The number of carbonyl (C=O) groups excluding carboxylic acids is 3. The molecule has 3 rings (SSSR count). The summed E-state index contributed by atoms with van der Waals surface area (Å²) in [5.41, 5.74) is 1.39. The fraction of sp³-hybridized carbons (Fsp3) is 0.333. The van der Waals surface area contributed by atoms with E-state index in [4.69, 9.17) is 18.9 Å². The molecule has 0 aliphatic rings. The number of nitrogens with zero attached hydrogens (tertiary/aromatic N) is 1. The first kappa shape index (κ1) is 30.2. The van der Waals surface area contributed by atoms with Crippen LogP contribution in [0.2, 0.25) is 0 Å². The van der Waals surface area contributed by atoms with Crippen LogP contribution in [0.25, 0.3) is 0 Å². The smallest absolute Gasteiger partial charge is 0.309 e. The van der Waals surface area contributed by atoms with Gasteiger partial charge in [-0.2, -0.15) is 0 Å². The second-order valence-electron chi connectivity index (χ2n) is 9.33. The topological polar surface area (TPSA) is 101 Å². The maximum Gasteiger partial charge on any atom is 0.309 e. The third-order valence-electron chi connectivity index (χ3n) is 6.34. The molecular weight excluding hydrogens is 524 g/mol. The van der Waals surface area contributed by atoms with Gasteiger partial charge in [-0.25, -0.2) is 13.8 Å². The fourth-order valence-electron chi connectivity index (χ4n) is 4.36. The van der Waals surface area contributed by atoms with Crippen LogP contribution in [0, 0.1) is 24.5 Å². The van der Waals surface area contributed by atoms with Crippen LogP contribution in [0.15, 0.2) is 48.7 Å². The van der Waals surface area contributed by atoms with Gasteiger partial charge in [-0.1, -0.05) is 25.1 Å². The maximum atomic E-state index is 14.1. The Labute approximate surface area is 231 Å². The van der Waals surface area contributed by atoms with Crippen LogP contribution in [0.4, 0.5) is 8.78 Å².